The van der Waals surface area contributed by atoms with Gasteiger partial charge in [0, 0.05) is 12.6 Å². The zero-order chi connectivity index (χ0) is 11.2. The number of benzene rings is 1. The topological polar surface area (TPSA) is 37.4 Å². The van der Waals surface area contributed by atoms with E-state index in [4.69, 9.17) is 0 Å². The van der Waals surface area contributed by atoms with Crippen LogP contribution in [0.25, 0.3) is 0 Å². The van der Waals surface area contributed by atoms with Crippen molar-refractivity contribution < 1.29 is 9.59 Å². The molecule has 78 valence electrons. The SMILES string of the molecule is CN1C(=O)C(Br)(Br)C(=O)c2ccccc21. The average Bonchev–Trinajstić information content (AvgIpc) is 2.24. The molecule has 1 aromatic rings. The van der Waals surface area contributed by atoms with Crippen LogP contribution >= 0.6 is 31.9 Å². The van der Waals surface area contributed by atoms with E-state index in [1.807, 2.05) is 0 Å². The molecule has 1 aromatic carbocycles. The van der Waals surface area contributed by atoms with Gasteiger partial charge in [0.15, 0.2) is 0 Å². The number of nitrogens with zero attached hydrogens (tertiary/aromatic N) is 1. The van der Waals surface area contributed by atoms with E-state index in [1.54, 1.807) is 31.3 Å². The fraction of sp³-hybridized carbons (Fsp3) is 0.200. The third-order valence-corrected chi connectivity index (χ3v) is 3.77. The summed E-state index contributed by atoms with van der Waals surface area (Å²) in [6, 6.07) is 7.03. The molecule has 0 spiro atoms. The maximum atomic E-state index is 12.0. The van der Waals surface area contributed by atoms with Crippen LogP contribution in [0.1, 0.15) is 10.4 Å². The number of halogens is 2. The van der Waals surface area contributed by atoms with Gasteiger partial charge in [-0.15, -0.1) is 0 Å². The van der Waals surface area contributed by atoms with Gasteiger partial charge in [-0.25, -0.2) is 0 Å². The lowest BCUT2D eigenvalue weighted by Crippen LogP contribution is -2.49. The monoisotopic (exact) mass is 331 g/mol. The van der Waals surface area contributed by atoms with E-state index in [2.05, 4.69) is 31.9 Å². The van der Waals surface area contributed by atoms with Crippen molar-refractivity contribution in [3.05, 3.63) is 29.8 Å². The Morgan fingerprint density at radius 3 is 2.47 bits per heavy atom. The second kappa shape index (κ2) is 3.42. The molecule has 1 aliphatic heterocycles. The van der Waals surface area contributed by atoms with Gasteiger partial charge in [0.25, 0.3) is 5.91 Å². The number of amides is 1. The number of para-hydroxylation sites is 1. The van der Waals surface area contributed by atoms with Gasteiger partial charge in [0.05, 0.1) is 5.69 Å². The normalized spacial score (nSPS) is 19.0. The predicted molar refractivity (Wildman–Crippen MR) is 64.8 cm³/mol. The zero-order valence-electron chi connectivity index (χ0n) is 7.83. The van der Waals surface area contributed by atoms with Gasteiger partial charge in [0.2, 0.25) is 9.02 Å². The number of ketones is 1. The number of fused-ring (bicyclic) bond motifs is 1. The third-order valence-electron chi connectivity index (χ3n) is 2.37. The van der Waals surface area contributed by atoms with Crippen molar-refractivity contribution in [2.24, 2.45) is 0 Å². The van der Waals surface area contributed by atoms with Crippen molar-refractivity contribution in [2.75, 3.05) is 11.9 Å². The van der Waals surface area contributed by atoms with Crippen LogP contribution in [0.15, 0.2) is 24.3 Å². The Bertz CT molecular complexity index is 456. The van der Waals surface area contributed by atoms with Crippen LogP contribution in [0.2, 0.25) is 0 Å². The summed E-state index contributed by atoms with van der Waals surface area (Å²) in [5, 5.41) is 0. The summed E-state index contributed by atoms with van der Waals surface area (Å²) in [5.74, 6) is -0.576. The van der Waals surface area contributed by atoms with Crippen LogP contribution in [0.4, 0.5) is 5.69 Å². The predicted octanol–water partition coefficient (Wildman–Crippen LogP) is 2.33. The van der Waals surface area contributed by atoms with E-state index in [0.29, 0.717) is 11.3 Å². The first-order chi connectivity index (χ1) is 6.96. The summed E-state index contributed by atoms with van der Waals surface area (Å²) >= 11 is 6.22. The molecule has 1 heterocycles. The van der Waals surface area contributed by atoms with E-state index in [-0.39, 0.29) is 11.7 Å². The van der Waals surface area contributed by atoms with Crippen molar-refractivity contribution in [1.29, 1.82) is 0 Å². The summed E-state index contributed by atoms with van der Waals surface area (Å²) in [6.07, 6.45) is 0. The molecule has 1 aliphatic rings. The lowest BCUT2D eigenvalue weighted by molar-refractivity contribution is -0.117. The molecular weight excluding hydrogens is 326 g/mol. The maximum Gasteiger partial charge on any atom is 0.262 e. The number of alkyl halides is 2. The molecule has 0 aromatic heterocycles. The first-order valence-electron chi connectivity index (χ1n) is 4.26. The Kier molecular flexibility index (Phi) is 2.47. The molecule has 2 rings (SSSR count). The van der Waals surface area contributed by atoms with Gasteiger partial charge in [-0.1, -0.05) is 44.0 Å². The first kappa shape index (κ1) is 10.8. The highest BCUT2D eigenvalue weighted by molar-refractivity contribution is 9.26. The van der Waals surface area contributed by atoms with Crippen molar-refractivity contribution in [1.82, 2.24) is 0 Å². The average molecular weight is 333 g/mol. The molecule has 0 atom stereocenters. The summed E-state index contributed by atoms with van der Waals surface area (Å²) in [6.45, 7) is 0. The fourth-order valence-electron chi connectivity index (χ4n) is 1.54. The van der Waals surface area contributed by atoms with Gasteiger partial charge in [-0.2, -0.15) is 0 Å². The number of hydrogen-bond acceptors (Lipinski definition) is 2. The van der Waals surface area contributed by atoms with E-state index in [1.165, 1.54) is 4.90 Å². The van der Waals surface area contributed by atoms with Gasteiger partial charge in [-0.05, 0) is 12.1 Å². The maximum absolute atomic E-state index is 12.0. The Morgan fingerprint density at radius 2 is 1.80 bits per heavy atom. The van der Waals surface area contributed by atoms with Crippen molar-refractivity contribution in [3.8, 4) is 0 Å². The van der Waals surface area contributed by atoms with E-state index < -0.39 is 3.23 Å². The largest absolute Gasteiger partial charge is 0.312 e. The molecule has 0 bridgehead atoms. The molecule has 0 saturated heterocycles. The number of carbonyl (C=O) groups is 2. The second-order valence-electron chi connectivity index (χ2n) is 3.28. The highest BCUT2D eigenvalue weighted by Gasteiger charge is 2.48. The molecule has 5 heteroatoms. The molecule has 0 saturated carbocycles. The Labute approximate surface area is 104 Å². The summed E-state index contributed by atoms with van der Waals surface area (Å²) in [5.41, 5.74) is 1.18. The van der Waals surface area contributed by atoms with Gasteiger partial charge < -0.3 is 4.90 Å². The number of Topliss-reactive ketones (excluding diaryl/α,β-unsaturated/α-hetero) is 1. The number of rotatable bonds is 0. The van der Waals surface area contributed by atoms with Crippen molar-refractivity contribution >= 4 is 49.2 Å². The van der Waals surface area contributed by atoms with Crippen LogP contribution in [0.3, 0.4) is 0 Å². The molecule has 0 fully saturated rings. The van der Waals surface area contributed by atoms with Crippen LogP contribution < -0.4 is 4.90 Å². The lowest BCUT2D eigenvalue weighted by atomic mass is 10.0. The number of anilines is 1. The van der Waals surface area contributed by atoms with Crippen LogP contribution in [0, 0.1) is 0 Å². The summed E-state index contributed by atoms with van der Waals surface area (Å²) in [4.78, 5) is 25.2. The van der Waals surface area contributed by atoms with Gasteiger partial charge in [-0.3, -0.25) is 9.59 Å². The lowest BCUT2D eigenvalue weighted by Gasteiger charge is -2.32. The van der Waals surface area contributed by atoms with Gasteiger partial charge in [0.1, 0.15) is 0 Å². The molecule has 0 radical (unpaired) electrons. The van der Waals surface area contributed by atoms with E-state index in [0.717, 1.165) is 0 Å². The van der Waals surface area contributed by atoms with Crippen LogP contribution in [-0.4, -0.2) is 22.0 Å². The van der Waals surface area contributed by atoms with Crippen molar-refractivity contribution in [2.45, 2.75) is 3.23 Å². The van der Waals surface area contributed by atoms with Crippen LogP contribution in [-0.2, 0) is 4.79 Å². The first-order valence-corrected chi connectivity index (χ1v) is 5.84. The Hall–Kier alpha value is -0.680. The number of carbonyl (C=O) groups excluding carboxylic acids is 2. The zero-order valence-corrected chi connectivity index (χ0v) is 11.0. The standard InChI is InChI=1S/C10H7Br2NO2/c1-13-7-5-3-2-4-6(7)8(14)10(11,12)9(13)15/h2-5H,1H3. The Balaban J connectivity index is 2.68. The van der Waals surface area contributed by atoms with Gasteiger partial charge >= 0.3 is 0 Å². The molecule has 0 N–H and O–H groups in total. The molecule has 3 nitrogen and oxygen atoms in total. The second-order valence-corrected chi connectivity index (χ2v) is 6.73. The molecule has 0 aliphatic carbocycles. The molecule has 15 heavy (non-hydrogen) atoms. The Morgan fingerprint density at radius 1 is 1.20 bits per heavy atom. The minimum atomic E-state index is -1.32. The van der Waals surface area contributed by atoms with Crippen LogP contribution in [0.5, 0.6) is 0 Å². The number of hydrogen-bond donors (Lipinski definition) is 0. The summed E-state index contributed by atoms with van der Waals surface area (Å²) in [7, 11) is 1.64. The van der Waals surface area contributed by atoms with E-state index >= 15 is 0 Å². The minimum Gasteiger partial charge on any atom is -0.312 e. The quantitative estimate of drug-likeness (QED) is 0.540. The fourth-order valence-corrected chi connectivity index (χ4v) is 2.50. The molecule has 0 unspecified atom stereocenters. The highest BCUT2D eigenvalue weighted by atomic mass is 79.9. The summed E-state index contributed by atoms with van der Waals surface area (Å²) < 4.78 is -1.32. The highest BCUT2D eigenvalue weighted by Crippen LogP contribution is 2.40. The third kappa shape index (κ3) is 1.45. The van der Waals surface area contributed by atoms with Crippen molar-refractivity contribution in [3.63, 3.8) is 0 Å². The minimum absolute atomic E-state index is 0.263. The van der Waals surface area contributed by atoms with E-state index in [9.17, 15) is 9.59 Å². The molecule has 1 amide bonds. The smallest absolute Gasteiger partial charge is 0.262 e. The molecular formula is C10H7Br2NO2.